The minimum Gasteiger partial charge on any atom is -0.493 e. The zero-order valence-corrected chi connectivity index (χ0v) is 23.9. The molecule has 4 rings (SSSR count). The van der Waals surface area contributed by atoms with Gasteiger partial charge in [0, 0.05) is 35.3 Å². The number of alkyl halides is 3. The number of hydrogen-bond donors (Lipinski definition) is 3. The van der Waals surface area contributed by atoms with E-state index in [4.69, 9.17) is 26.8 Å². The molecular formula is C28H28ClF4N3O4S. The lowest BCUT2D eigenvalue weighted by Crippen LogP contribution is -2.49. The van der Waals surface area contributed by atoms with E-state index in [1.54, 1.807) is 13.8 Å². The Labute approximate surface area is 243 Å². The summed E-state index contributed by atoms with van der Waals surface area (Å²) < 4.78 is 76.2. The number of carbonyl (C=O) groups excluding carboxylic acids is 1. The molecule has 1 fully saturated rings. The van der Waals surface area contributed by atoms with E-state index < -0.39 is 52.5 Å². The van der Waals surface area contributed by atoms with Crippen LogP contribution >= 0.6 is 23.6 Å². The highest BCUT2D eigenvalue weighted by Crippen LogP contribution is 2.48. The fourth-order valence-corrected chi connectivity index (χ4v) is 4.58. The quantitative estimate of drug-likeness (QED) is 0.173. The second-order valence-electron chi connectivity index (χ2n) is 10.3. The molecule has 1 aromatic heterocycles. The minimum atomic E-state index is -5.10. The fourth-order valence-electron chi connectivity index (χ4n) is 3.96. The van der Waals surface area contributed by atoms with E-state index in [-0.39, 0.29) is 39.3 Å². The van der Waals surface area contributed by atoms with Crippen molar-refractivity contribution in [2.75, 3.05) is 13.7 Å². The van der Waals surface area contributed by atoms with E-state index in [1.165, 1.54) is 43.5 Å². The summed E-state index contributed by atoms with van der Waals surface area (Å²) in [5, 5.41) is 2.02. The van der Waals surface area contributed by atoms with Crippen LogP contribution in [0.3, 0.4) is 0 Å². The minimum absolute atomic E-state index is 0.0166. The molecule has 3 aromatic rings. The van der Waals surface area contributed by atoms with Crippen LogP contribution in [0.25, 0.3) is 11.3 Å². The Morgan fingerprint density at radius 3 is 2.41 bits per heavy atom. The summed E-state index contributed by atoms with van der Waals surface area (Å²) in [4.78, 5) is 17.2. The highest BCUT2D eigenvalue weighted by Gasteiger charge is 2.59. The van der Waals surface area contributed by atoms with Gasteiger partial charge in [0.2, 0.25) is 0 Å². The number of rotatable bonds is 10. The van der Waals surface area contributed by atoms with Crippen molar-refractivity contribution in [3.63, 3.8) is 0 Å². The van der Waals surface area contributed by atoms with E-state index in [0.717, 1.165) is 25.0 Å². The molecule has 13 heteroatoms. The SMILES string of the molecule is COc1cc(C(=O)NCC(SO)(c2cc(C(C)(C)N)cc(-c3ccc(F)c(Cl)c3)n2)C(F)(F)F)ccc1OC1CC1. The maximum atomic E-state index is 14.8. The third-order valence-corrected chi connectivity index (χ3v) is 7.74. The van der Waals surface area contributed by atoms with Crippen LogP contribution in [0.4, 0.5) is 17.6 Å². The molecule has 220 valence electrons. The van der Waals surface area contributed by atoms with Gasteiger partial charge in [-0.3, -0.25) is 9.78 Å². The molecule has 1 aliphatic rings. The fraction of sp³-hybridized carbons (Fsp3) is 0.357. The first kappa shape index (κ1) is 30.9. The number of nitrogens with two attached hydrogens (primary N) is 1. The Kier molecular flexibility index (Phi) is 8.79. The Hall–Kier alpha value is -3.06. The molecule has 0 bridgehead atoms. The number of amides is 1. The van der Waals surface area contributed by atoms with Crippen LogP contribution in [-0.4, -0.2) is 41.4 Å². The number of aromatic nitrogens is 1. The van der Waals surface area contributed by atoms with Crippen molar-refractivity contribution >= 4 is 29.6 Å². The van der Waals surface area contributed by atoms with Gasteiger partial charge in [-0.25, -0.2) is 4.39 Å². The van der Waals surface area contributed by atoms with Crippen molar-refractivity contribution in [3.8, 4) is 22.8 Å². The average molecular weight is 614 g/mol. The Morgan fingerprint density at radius 2 is 1.85 bits per heavy atom. The Bertz CT molecular complexity index is 1450. The first-order valence-corrected chi connectivity index (χ1v) is 13.6. The van der Waals surface area contributed by atoms with Crippen LogP contribution < -0.4 is 20.5 Å². The number of pyridine rings is 1. The standard InChI is InChI=1S/C28H28ClF4N3O4S/c1-26(2,34)17-12-21(15-4-8-20(30)19(29)10-15)36-24(13-17)27(41-38,28(31,32)33)14-35-25(37)16-5-9-22(23(11-16)39-3)40-18-6-7-18/h4-5,8-13,18,38H,6-7,14,34H2,1-3H3,(H,35,37). The number of nitrogens with one attached hydrogen (secondary N) is 1. The molecule has 1 saturated carbocycles. The molecular weight excluding hydrogens is 586 g/mol. The van der Waals surface area contributed by atoms with Gasteiger partial charge in [0.25, 0.3) is 5.91 Å². The summed E-state index contributed by atoms with van der Waals surface area (Å²) >= 11 is 5.40. The summed E-state index contributed by atoms with van der Waals surface area (Å²) in [5.74, 6) is -0.885. The van der Waals surface area contributed by atoms with E-state index in [9.17, 15) is 26.9 Å². The normalized spacial score (nSPS) is 15.3. The molecule has 4 N–H and O–H groups in total. The van der Waals surface area contributed by atoms with E-state index in [1.807, 2.05) is 0 Å². The van der Waals surface area contributed by atoms with Crippen LogP contribution in [0.5, 0.6) is 11.5 Å². The zero-order valence-electron chi connectivity index (χ0n) is 22.3. The molecule has 1 amide bonds. The van der Waals surface area contributed by atoms with Crippen LogP contribution in [0.1, 0.15) is 48.3 Å². The highest BCUT2D eigenvalue weighted by atomic mass is 35.5. The topological polar surface area (TPSA) is 107 Å². The first-order valence-electron chi connectivity index (χ1n) is 12.5. The van der Waals surface area contributed by atoms with Gasteiger partial charge in [-0.05, 0) is 80.8 Å². The molecule has 41 heavy (non-hydrogen) atoms. The van der Waals surface area contributed by atoms with Crippen LogP contribution in [0.2, 0.25) is 5.02 Å². The lowest BCUT2D eigenvalue weighted by atomic mass is 9.91. The summed E-state index contributed by atoms with van der Waals surface area (Å²) in [6.07, 6.45) is -3.23. The van der Waals surface area contributed by atoms with E-state index in [2.05, 4.69) is 10.3 Å². The van der Waals surface area contributed by atoms with Crippen molar-refractivity contribution in [3.05, 3.63) is 76.2 Å². The molecule has 2 aromatic carbocycles. The van der Waals surface area contributed by atoms with Crippen molar-refractivity contribution < 1.29 is 36.4 Å². The van der Waals surface area contributed by atoms with Crippen LogP contribution in [0, 0.1) is 5.82 Å². The van der Waals surface area contributed by atoms with Crippen molar-refractivity contribution in [1.82, 2.24) is 10.3 Å². The predicted molar refractivity (Wildman–Crippen MR) is 149 cm³/mol. The van der Waals surface area contributed by atoms with Gasteiger partial charge in [0.05, 0.1) is 29.6 Å². The molecule has 0 radical (unpaired) electrons. The van der Waals surface area contributed by atoms with Gasteiger partial charge in [-0.15, -0.1) is 0 Å². The van der Waals surface area contributed by atoms with Gasteiger partial charge in [0.15, 0.2) is 16.2 Å². The summed E-state index contributed by atoms with van der Waals surface area (Å²) in [6.45, 7) is 2.09. The molecule has 0 saturated heterocycles. The van der Waals surface area contributed by atoms with Crippen molar-refractivity contribution in [2.24, 2.45) is 5.73 Å². The Morgan fingerprint density at radius 1 is 1.15 bits per heavy atom. The molecule has 1 aliphatic carbocycles. The molecule has 1 heterocycles. The lowest BCUT2D eigenvalue weighted by molar-refractivity contribution is -0.162. The number of benzene rings is 2. The number of methoxy groups -OCH3 is 1. The number of ether oxygens (including phenoxy) is 2. The van der Waals surface area contributed by atoms with Crippen LogP contribution in [0.15, 0.2) is 48.5 Å². The second kappa shape index (κ2) is 11.7. The van der Waals surface area contributed by atoms with Gasteiger partial charge < -0.3 is 25.1 Å². The second-order valence-corrected chi connectivity index (χ2v) is 11.5. The lowest BCUT2D eigenvalue weighted by Gasteiger charge is -2.34. The number of nitrogens with zero attached hydrogens (tertiary/aromatic N) is 1. The van der Waals surface area contributed by atoms with Crippen LogP contribution in [-0.2, 0) is 10.3 Å². The van der Waals surface area contributed by atoms with Crippen molar-refractivity contribution in [2.45, 2.75) is 49.3 Å². The zero-order chi connectivity index (χ0) is 30.2. The Balaban J connectivity index is 1.73. The van der Waals surface area contributed by atoms with E-state index >= 15 is 0 Å². The summed E-state index contributed by atoms with van der Waals surface area (Å²) in [7, 11) is 1.39. The van der Waals surface area contributed by atoms with Gasteiger partial charge in [0.1, 0.15) is 5.82 Å². The van der Waals surface area contributed by atoms with Gasteiger partial charge in [-0.1, -0.05) is 11.6 Å². The third kappa shape index (κ3) is 6.72. The molecule has 7 nitrogen and oxygen atoms in total. The number of halogens is 5. The van der Waals surface area contributed by atoms with Gasteiger partial charge in [-0.2, -0.15) is 13.2 Å². The third-order valence-electron chi connectivity index (χ3n) is 6.55. The van der Waals surface area contributed by atoms with E-state index in [0.29, 0.717) is 5.75 Å². The maximum Gasteiger partial charge on any atom is 0.412 e. The molecule has 0 aliphatic heterocycles. The smallest absolute Gasteiger partial charge is 0.412 e. The van der Waals surface area contributed by atoms with Gasteiger partial charge >= 0.3 is 6.18 Å². The largest absolute Gasteiger partial charge is 0.493 e. The monoisotopic (exact) mass is 613 g/mol. The average Bonchev–Trinajstić information content (AvgIpc) is 3.73. The highest BCUT2D eigenvalue weighted by molar-refractivity contribution is 7.94. The summed E-state index contributed by atoms with van der Waals surface area (Å²) in [5.41, 5.74) is 5.01. The number of hydrogen-bond acceptors (Lipinski definition) is 7. The number of carbonyl (C=O) groups is 1. The molecule has 0 spiro atoms. The molecule has 1 atom stereocenters. The van der Waals surface area contributed by atoms with Crippen molar-refractivity contribution in [1.29, 1.82) is 0 Å². The maximum absolute atomic E-state index is 14.8. The summed E-state index contributed by atoms with van der Waals surface area (Å²) in [6, 6.07) is 10.5. The first-order chi connectivity index (χ1) is 19.2. The predicted octanol–water partition coefficient (Wildman–Crippen LogP) is 6.68. The molecule has 1 unspecified atom stereocenters.